The first-order valence-corrected chi connectivity index (χ1v) is 14.7. The topological polar surface area (TPSA) is 101 Å². The molecular formula is C33H31N9. The van der Waals surface area contributed by atoms with Crippen molar-refractivity contribution in [2.45, 2.75) is 44.1 Å². The van der Waals surface area contributed by atoms with E-state index < -0.39 is 0 Å². The van der Waals surface area contributed by atoms with E-state index in [1.165, 1.54) is 18.4 Å². The molecule has 2 aromatic carbocycles. The van der Waals surface area contributed by atoms with Gasteiger partial charge in [0.05, 0.1) is 5.69 Å². The average molecular weight is 554 g/mol. The van der Waals surface area contributed by atoms with Crippen LogP contribution >= 0.6 is 0 Å². The lowest BCUT2D eigenvalue weighted by Crippen LogP contribution is -2.32. The van der Waals surface area contributed by atoms with Crippen molar-refractivity contribution in [3.8, 4) is 33.9 Å². The molecule has 9 heteroatoms. The molecule has 8 rings (SSSR count). The zero-order valence-electron chi connectivity index (χ0n) is 23.3. The lowest BCUT2D eigenvalue weighted by molar-refractivity contribution is 0.202. The number of nitrogens with one attached hydrogen (secondary N) is 1. The number of fused-ring (bicyclic) bond motifs is 1. The predicted molar refractivity (Wildman–Crippen MR) is 160 cm³/mol. The third-order valence-electron chi connectivity index (χ3n) is 8.37. The van der Waals surface area contributed by atoms with Crippen LogP contribution in [0.4, 0.5) is 0 Å². The molecule has 0 unspecified atom stereocenters. The molecule has 1 aliphatic carbocycles. The van der Waals surface area contributed by atoms with Gasteiger partial charge in [0.1, 0.15) is 5.69 Å². The molecule has 208 valence electrons. The Bertz CT molecular complexity index is 1810. The van der Waals surface area contributed by atoms with Crippen LogP contribution in [0.15, 0.2) is 85.2 Å². The normalized spacial score (nSPS) is 16.3. The van der Waals surface area contributed by atoms with E-state index in [9.17, 15) is 0 Å². The summed E-state index contributed by atoms with van der Waals surface area (Å²) in [4.78, 5) is 21.4. The number of hydrogen-bond acceptors (Lipinski definition) is 7. The molecule has 4 aromatic heterocycles. The van der Waals surface area contributed by atoms with Gasteiger partial charge in [0.25, 0.3) is 5.78 Å². The van der Waals surface area contributed by atoms with E-state index in [0.29, 0.717) is 17.6 Å². The predicted octanol–water partition coefficient (Wildman–Crippen LogP) is 5.90. The molecular weight excluding hydrogens is 522 g/mol. The highest BCUT2D eigenvalue weighted by Crippen LogP contribution is 2.39. The fraction of sp³-hybridized carbons (Fsp3) is 0.273. The lowest BCUT2D eigenvalue weighted by atomic mass is 9.95. The maximum absolute atomic E-state index is 5.02. The molecule has 1 N–H and O–H groups in total. The van der Waals surface area contributed by atoms with Gasteiger partial charge in [0, 0.05) is 41.9 Å². The molecule has 0 atom stereocenters. The second-order valence-corrected chi connectivity index (χ2v) is 11.4. The summed E-state index contributed by atoms with van der Waals surface area (Å²) in [6.45, 7) is 2.96. The van der Waals surface area contributed by atoms with Crippen LogP contribution < -0.4 is 0 Å². The van der Waals surface area contributed by atoms with Crippen molar-refractivity contribution >= 4 is 5.78 Å². The Morgan fingerprint density at radius 2 is 1.52 bits per heavy atom. The molecule has 2 aliphatic rings. The van der Waals surface area contributed by atoms with Crippen LogP contribution in [0.3, 0.4) is 0 Å². The first-order valence-electron chi connectivity index (χ1n) is 14.7. The van der Waals surface area contributed by atoms with Gasteiger partial charge in [-0.25, -0.2) is 14.5 Å². The Kier molecular flexibility index (Phi) is 6.29. The highest BCUT2D eigenvalue weighted by atomic mass is 15.3. The molecule has 5 heterocycles. The van der Waals surface area contributed by atoms with Gasteiger partial charge in [-0.05, 0) is 62.0 Å². The van der Waals surface area contributed by atoms with Gasteiger partial charge >= 0.3 is 0 Å². The summed E-state index contributed by atoms with van der Waals surface area (Å²) in [5.41, 5.74) is 6.33. The summed E-state index contributed by atoms with van der Waals surface area (Å²) in [6, 6.07) is 25.1. The zero-order chi connectivity index (χ0) is 27.9. The molecule has 2 fully saturated rings. The van der Waals surface area contributed by atoms with Gasteiger partial charge in [0.2, 0.25) is 0 Å². The molecule has 1 saturated heterocycles. The Labute approximate surface area is 243 Å². The van der Waals surface area contributed by atoms with E-state index in [0.717, 1.165) is 78.0 Å². The van der Waals surface area contributed by atoms with Crippen LogP contribution in [0.1, 0.15) is 54.7 Å². The number of pyridine rings is 1. The summed E-state index contributed by atoms with van der Waals surface area (Å²) >= 11 is 0. The van der Waals surface area contributed by atoms with E-state index in [2.05, 4.69) is 74.8 Å². The largest absolute Gasteiger partial charge is 0.299 e. The van der Waals surface area contributed by atoms with Crippen molar-refractivity contribution in [2.75, 3.05) is 13.1 Å². The number of piperidine rings is 1. The van der Waals surface area contributed by atoms with E-state index >= 15 is 0 Å². The first kappa shape index (κ1) is 25.0. The number of hydrogen-bond donors (Lipinski definition) is 1. The molecule has 0 amide bonds. The maximum atomic E-state index is 5.02. The number of rotatable bonds is 7. The Morgan fingerprint density at radius 3 is 2.29 bits per heavy atom. The molecule has 1 saturated carbocycles. The highest BCUT2D eigenvalue weighted by molar-refractivity contribution is 5.81. The number of aromatic nitrogens is 8. The Balaban J connectivity index is 0.976. The molecule has 0 bridgehead atoms. The SMILES string of the molecule is c1ccc(-c2cn3nc(C4CC4)nc3nc2-c2ccc(CN3CCC(c4n[nH]c(-c5ccccn5)n4)CC3)cc2)cc1. The van der Waals surface area contributed by atoms with Crippen LogP contribution in [-0.4, -0.2) is 57.7 Å². The van der Waals surface area contributed by atoms with Gasteiger partial charge in [-0.1, -0.05) is 60.7 Å². The van der Waals surface area contributed by atoms with Gasteiger partial charge in [-0.2, -0.15) is 10.1 Å². The monoisotopic (exact) mass is 553 g/mol. The molecule has 9 nitrogen and oxygen atoms in total. The van der Waals surface area contributed by atoms with Crippen LogP contribution in [0, 0.1) is 0 Å². The first-order chi connectivity index (χ1) is 20.8. The standard InChI is InChI=1S/C33H31N9/c1-2-6-23(7-3-1)27-21-42-33(37-31(40-42)25-13-14-25)35-29(27)24-11-9-22(10-12-24)20-41-18-15-26(16-19-41)30-36-32(39-38-30)28-8-4-5-17-34-28/h1-12,17,21,25-26H,13-16,18-20H2,(H,36,38,39). The minimum atomic E-state index is 0.368. The van der Waals surface area contributed by atoms with Crippen LogP contribution in [0.2, 0.25) is 0 Å². The van der Waals surface area contributed by atoms with Crippen molar-refractivity contribution < 1.29 is 0 Å². The van der Waals surface area contributed by atoms with Gasteiger partial charge in [-0.15, -0.1) is 5.10 Å². The van der Waals surface area contributed by atoms with Gasteiger partial charge in [-0.3, -0.25) is 15.0 Å². The summed E-state index contributed by atoms with van der Waals surface area (Å²) in [5, 5.41) is 12.3. The van der Waals surface area contributed by atoms with Crippen LogP contribution in [0.25, 0.3) is 39.7 Å². The second-order valence-electron chi connectivity index (χ2n) is 11.4. The Morgan fingerprint density at radius 1 is 0.738 bits per heavy atom. The number of likely N-dealkylation sites (tertiary alicyclic amines) is 1. The van der Waals surface area contributed by atoms with E-state index in [1.54, 1.807) is 6.20 Å². The van der Waals surface area contributed by atoms with E-state index in [-0.39, 0.29) is 0 Å². The molecule has 1 aliphatic heterocycles. The third kappa shape index (κ3) is 4.96. The van der Waals surface area contributed by atoms with Gasteiger partial charge in [0.15, 0.2) is 17.5 Å². The summed E-state index contributed by atoms with van der Waals surface area (Å²) in [7, 11) is 0. The van der Waals surface area contributed by atoms with E-state index in [4.69, 9.17) is 20.1 Å². The minimum absolute atomic E-state index is 0.368. The van der Waals surface area contributed by atoms with Crippen LogP contribution in [-0.2, 0) is 6.54 Å². The highest BCUT2D eigenvalue weighted by Gasteiger charge is 2.29. The van der Waals surface area contributed by atoms with E-state index in [1.807, 2.05) is 28.8 Å². The number of H-pyrrole nitrogens is 1. The molecule has 42 heavy (non-hydrogen) atoms. The second kappa shape index (κ2) is 10.6. The smallest absolute Gasteiger partial charge is 0.253 e. The average Bonchev–Trinajstić information content (AvgIpc) is 3.63. The van der Waals surface area contributed by atoms with Crippen molar-refractivity contribution in [3.63, 3.8) is 0 Å². The summed E-state index contributed by atoms with van der Waals surface area (Å²) < 4.78 is 1.84. The number of aromatic amines is 1. The van der Waals surface area contributed by atoms with Crippen LogP contribution in [0.5, 0.6) is 0 Å². The molecule has 6 aromatic rings. The Hall–Kier alpha value is -4.76. The van der Waals surface area contributed by atoms with Crippen molar-refractivity contribution in [3.05, 3.63) is 102 Å². The maximum Gasteiger partial charge on any atom is 0.253 e. The lowest BCUT2D eigenvalue weighted by Gasteiger charge is -2.30. The summed E-state index contributed by atoms with van der Waals surface area (Å²) in [6.07, 6.45) is 8.29. The fourth-order valence-corrected chi connectivity index (χ4v) is 5.85. The quantitative estimate of drug-likeness (QED) is 0.263. The zero-order valence-corrected chi connectivity index (χ0v) is 23.3. The third-order valence-corrected chi connectivity index (χ3v) is 8.37. The van der Waals surface area contributed by atoms with Crippen molar-refractivity contribution in [2.24, 2.45) is 0 Å². The molecule has 0 spiro atoms. The summed E-state index contributed by atoms with van der Waals surface area (Å²) in [5.74, 6) is 4.07. The fourth-order valence-electron chi connectivity index (χ4n) is 5.85. The number of benzene rings is 2. The van der Waals surface area contributed by atoms with Crippen molar-refractivity contribution in [1.29, 1.82) is 0 Å². The molecule has 0 radical (unpaired) electrons. The van der Waals surface area contributed by atoms with Gasteiger partial charge < -0.3 is 0 Å². The van der Waals surface area contributed by atoms with Crippen molar-refractivity contribution in [1.82, 2.24) is 44.6 Å². The number of nitrogens with zero attached hydrogens (tertiary/aromatic N) is 8. The minimum Gasteiger partial charge on any atom is -0.299 e.